The van der Waals surface area contributed by atoms with Crippen molar-refractivity contribution in [3.8, 4) is 0 Å². The smallest absolute Gasteiger partial charge is 0.227 e. The molecule has 16 heavy (non-hydrogen) atoms. The van der Waals surface area contributed by atoms with Crippen molar-refractivity contribution in [1.82, 2.24) is 10.2 Å². The number of hydrogen-bond acceptors (Lipinski definition) is 4. The van der Waals surface area contributed by atoms with Crippen molar-refractivity contribution in [1.29, 1.82) is 0 Å². The predicted octanol–water partition coefficient (Wildman–Crippen LogP) is 1.59. The summed E-state index contributed by atoms with van der Waals surface area (Å²) in [5.74, 6) is 0.232. The second-order valence-corrected chi connectivity index (χ2v) is 3.93. The second kappa shape index (κ2) is 6.40. The van der Waals surface area contributed by atoms with Crippen LogP contribution in [-0.2, 0) is 4.79 Å². The number of hydrogen-bond donors (Lipinski definition) is 2. The van der Waals surface area contributed by atoms with Crippen LogP contribution in [0, 0.1) is 0 Å². The van der Waals surface area contributed by atoms with Crippen molar-refractivity contribution in [3.63, 3.8) is 0 Å². The number of amides is 1. The predicted molar refractivity (Wildman–Crippen MR) is 63.2 cm³/mol. The summed E-state index contributed by atoms with van der Waals surface area (Å²) in [6, 6.07) is 3.06. The van der Waals surface area contributed by atoms with E-state index in [9.17, 15) is 4.79 Å². The standard InChI is InChI=1S/C10H15ClN4O/c1-2-3-7(12)6-10(16)13-9-5-4-8(11)14-15-9/h4-5,7H,2-3,6,12H2,1H3,(H,13,15,16). The number of nitrogens with two attached hydrogens (primary N) is 1. The summed E-state index contributed by atoms with van der Waals surface area (Å²) in [6.45, 7) is 2.03. The van der Waals surface area contributed by atoms with Crippen LogP contribution in [0.4, 0.5) is 5.82 Å². The van der Waals surface area contributed by atoms with Gasteiger partial charge in [-0.05, 0) is 18.6 Å². The van der Waals surface area contributed by atoms with Gasteiger partial charge in [-0.2, -0.15) is 0 Å². The van der Waals surface area contributed by atoms with Crippen LogP contribution in [0.2, 0.25) is 5.15 Å². The van der Waals surface area contributed by atoms with Crippen LogP contribution >= 0.6 is 11.6 Å². The maximum absolute atomic E-state index is 11.5. The number of nitrogens with one attached hydrogen (secondary N) is 1. The van der Waals surface area contributed by atoms with Gasteiger partial charge in [-0.25, -0.2) is 0 Å². The van der Waals surface area contributed by atoms with Gasteiger partial charge in [-0.15, -0.1) is 10.2 Å². The molecular formula is C10H15ClN4O. The molecule has 1 atom stereocenters. The largest absolute Gasteiger partial charge is 0.327 e. The van der Waals surface area contributed by atoms with E-state index in [1.165, 1.54) is 0 Å². The number of aromatic nitrogens is 2. The average molecular weight is 243 g/mol. The Morgan fingerprint density at radius 1 is 1.56 bits per heavy atom. The monoisotopic (exact) mass is 242 g/mol. The van der Waals surface area contributed by atoms with E-state index in [1.54, 1.807) is 12.1 Å². The molecule has 0 spiro atoms. The Morgan fingerprint density at radius 3 is 2.88 bits per heavy atom. The zero-order valence-electron chi connectivity index (χ0n) is 9.11. The molecule has 1 amide bonds. The molecule has 88 valence electrons. The second-order valence-electron chi connectivity index (χ2n) is 3.54. The topological polar surface area (TPSA) is 80.9 Å². The van der Waals surface area contributed by atoms with Crippen LogP contribution in [0.1, 0.15) is 26.2 Å². The number of rotatable bonds is 5. The fraction of sp³-hybridized carbons (Fsp3) is 0.500. The SMILES string of the molecule is CCCC(N)CC(=O)Nc1ccc(Cl)nn1. The zero-order chi connectivity index (χ0) is 12.0. The maximum atomic E-state index is 11.5. The lowest BCUT2D eigenvalue weighted by Gasteiger charge is -2.09. The summed E-state index contributed by atoms with van der Waals surface area (Å²) in [4.78, 5) is 11.5. The van der Waals surface area contributed by atoms with Gasteiger partial charge in [0.2, 0.25) is 5.91 Å². The third kappa shape index (κ3) is 4.55. The van der Waals surface area contributed by atoms with Crippen LogP contribution in [0.3, 0.4) is 0 Å². The van der Waals surface area contributed by atoms with Crippen molar-refractivity contribution in [2.24, 2.45) is 5.73 Å². The third-order valence-corrected chi connectivity index (χ3v) is 2.21. The lowest BCUT2D eigenvalue weighted by Crippen LogP contribution is -2.27. The summed E-state index contributed by atoms with van der Waals surface area (Å²) in [7, 11) is 0. The molecule has 1 heterocycles. The molecule has 1 rings (SSSR count). The minimum Gasteiger partial charge on any atom is -0.327 e. The van der Waals surface area contributed by atoms with E-state index in [2.05, 4.69) is 15.5 Å². The Hall–Kier alpha value is -1.20. The van der Waals surface area contributed by atoms with Crippen LogP contribution in [0.15, 0.2) is 12.1 Å². The molecular weight excluding hydrogens is 228 g/mol. The first-order chi connectivity index (χ1) is 7.61. The van der Waals surface area contributed by atoms with Gasteiger partial charge in [0, 0.05) is 12.5 Å². The van der Waals surface area contributed by atoms with Crippen molar-refractivity contribution in [2.75, 3.05) is 5.32 Å². The van der Waals surface area contributed by atoms with Crippen LogP contribution in [-0.4, -0.2) is 22.1 Å². The number of nitrogens with zero attached hydrogens (tertiary/aromatic N) is 2. The third-order valence-electron chi connectivity index (χ3n) is 2.01. The van der Waals surface area contributed by atoms with Crippen molar-refractivity contribution in [3.05, 3.63) is 17.3 Å². The summed E-state index contributed by atoms with van der Waals surface area (Å²) in [6.07, 6.45) is 2.09. The minimum absolute atomic E-state index is 0.106. The molecule has 0 saturated carbocycles. The first kappa shape index (κ1) is 12.9. The molecule has 0 saturated heterocycles. The van der Waals surface area contributed by atoms with Crippen LogP contribution in [0.25, 0.3) is 0 Å². The minimum atomic E-state index is -0.155. The highest BCUT2D eigenvalue weighted by Crippen LogP contribution is 2.07. The Kier molecular flexibility index (Phi) is 5.14. The molecule has 6 heteroatoms. The summed E-state index contributed by atoms with van der Waals surface area (Å²) in [5.41, 5.74) is 5.74. The fourth-order valence-electron chi connectivity index (χ4n) is 1.29. The molecule has 1 aromatic heterocycles. The molecule has 1 unspecified atom stereocenters. The molecule has 0 aromatic carbocycles. The Balaban J connectivity index is 2.42. The van der Waals surface area contributed by atoms with Gasteiger partial charge < -0.3 is 11.1 Å². The zero-order valence-corrected chi connectivity index (χ0v) is 9.87. The molecule has 0 aliphatic heterocycles. The van der Waals surface area contributed by atoms with E-state index in [0.717, 1.165) is 12.8 Å². The van der Waals surface area contributed by atoms with Crippen molar-refractivity contribution in [2.45, 2.75) is 32.2 Å². The molecule has 0 aliphatic rings. The van der Waals surface area contributed by atoms with Gasteiger partial charge in [0.25, 0.3) is 0 Å². The summed E-state index contributed by atoms with van der Waals surface area (Å²) < 4.78 is 0. The van der Waals surface area contributed by atoms with E-state index in [1.807, 2.05) is 6.92 Å². The Bertz CT molecular complexity index is 341. The number of carbonyl (C=O) groups excluding carboxylic acids is 1. The average Bonchev–Trinajstić information content (AvgIpc) is 2.21. The highest BCUT2D eigenvalue weighted by Gasteiger charge is 2.09. The van der Waals surface area contributed by atoms with E-state index < -0.39 is 0 Å². The first-order valence-corrected chi connectivity index (χ1v) is 5.54. The lowest BCUT2D eigenvalue weighted by molar-refractivity contribution is -0.116. The number of anilines is 1. The molecule has 3 N–H and O–H groups in total. The first-order valence-electron chi connectivity index (χ1n) is 5.16. The summed E-state index contributed by atoms with van der Waals surface area (Å²) >= 11 is 5.57. The van der Waals surface area contributed by atoms with Gasteiger partial charge in [0.05, 0.1) is 0 Å². The Morgan fingerprint density at radius 2 is 2.31 bits per heavy atom. The van der Waals surface area contributed by atoms with Gasteiger partial charge >= 0.3 is 0 Å². The highest BCUT2D eigenvalue weighted by atomic mass is 35.5. The lowest BCUT2D eigenvalue weighted by atomic mass is 10.1. The fourth-order valence-corrected chi connectivity index (χ4v) is 1.39. The molecule has 0 radical (unpaired) electrons. The van der Waals surface area contributed by atoms with Crippen molar-refractivity contribution < 1.29 is 4.79 Å². The van der Waals surface area contributed by atoms with Gasteiger partial charge in [-0.3, -0.25) is 4.79 Å². The molecule has 1 aromatic rings. The van der Waals surface area contributed by atoms with Gasteiger partial charge in [-0.1, -0.05) is 24.9 Å². The normalized spacial score (nSPS) is 12.2. The van der Waals surface area contributed by atoms with E-state index >= 15 is 0 Å². The quantitative estimate of drug-likeness (QED) is 0.822. The van der Waals surface area contributed by atoms with Crippen LogP contribution in [0.5, 0.6) is 0 Å². The molecule has 0 fully saturated rings. The van der Waals surface area contributed by atoms with E-state index in [4.69, 9.17) is 17.3 Å². The van der Waals surface area contributed by atoms with Crippen molar-refractivity contribution >= 4 is 23.3 Å². The highest BCUT2D eigenvalue weighted by molar-refractivity contribution is 6.29. The molecule has 0 aliphatic carbocycles. The number of carbonyl (C=O) groups is 1. The number of halogens is 1. The molecule has 0 bridgehead atoms. The maximum Gasteiger partial charge on any atom is 0.227 e. The van der Waals surface area contributed by atoms with E-state index in [0.29, 0.717) is 11.0 Å². The van der Waals surface area contributed by atoms with Crippen LogP contribution < -0.4 is 11.1 Å². The van der Waals surface area contributed by atoms with Gasteiger partial charge in [0.1, 0.15) is 0 Å². The molecule has 5 nitrogen and oxygen atoms in total. The Labute approximate surface area is 99.4 Å². The van der Waals surface area contributed by atoms with E-state index in [-0.39, 0.29) is 18.4 Å². The van der Waals surface area contributed by atoms with Gasteiger partial charge in [0.15, 0.2) is 11.0 Å². The summed E-state index contributed by atoms with van der Waals surface area (Å²) in [5, 5.41) is 10.2.